The largest absolute Gasteiger partial charge is 0.366 e. The van der Waals surface area contributed by atoms with Crippen LogP contribution in [0.5, 0.6) is 0 Å². The third-order valence-corrected chi connectivity index (χ3v) is 4.89. The number of thioether (sulfide) groups is 1. The Labute approximate surface area is 150 Å². The van der Waals surface area contributed by atoms with Gasteiger partial charge in [0.2, 0.25) is 5.91 Å². The Morgan fingerprint density at radius 2 is 2.04 bits per heavy atom. The normalized spacial score (nSPS) is 13.9. The molecular formula is C17H21N5O2S. The summed E-state index contributed by atoms with van der Waals surface area (Å²) in [6.07, 6.45) is 2.31. The number of para-hydroxylation sites is 1. The van der Waals surface area contributed by atoms with Gasteiger partial charge in [-0.05, 0) is 38.8 Å². The van der Waals surface area contributed by atoms with E-state index in [-0.39, 0.29) is 17.7 Å². The van der Waals surface area contributed by atoms with Crippen LogP contribution >= 0.6 is 11.8 Å². The zero-order valence-corrected chi connectivity index (χ0v) is 15.0. The summed E-state index contributed by atoms with van der Waals surface area (Å²) in [4.78, 5) is 23.7. The maximum atomic E-state index is 12.3. The van der Waals surface area contributed by atoms with Crippen molar-refractivity contribution in [1.82, 2.24) is 14.8 Å². The van der Waals surface area contributed by atoms with Gasteiger partial charge in [-0.1, -0.05) is 23.9 Å². The lowest BCUT2D eigenvalue weighted by molar-refractivity contribution is -0.113. The Balaban J connectivity index is 1.66. The van der Waals surface area contributed by atoms with Crippen LogP contribution in [0.4, 0.5) is 5.69 Å². The van der Waals surface area contributed by atoms with Gasteiger partial charge in [0.05, 0.1) is 17.0 Å². The summed E-state index contributed by atoms with van der Waals surface area (Å²) in [5, 5.41) is 12.0. The second kappa shape index (κ2) is 7.26. The van der Waals surface area contributed by atoms with Gasteiger partial charge in [0, 0.05) is 12.0 Å². The first-order chi connectivity index (χ1) is 12.0. The molecule has 0 unspecified atom stereocenters. The maximum absolute atomic E-state index is 12.3. The van der Waals surface area contributed by atoms with Crippen molar-refractivity contribution >= 4 is 29.3 Å². The van der Waals surface area contributed by atoms with Gasteiger partial charge in [0.25, 0.3) is 5.91 Å². The smallest absolute Gasteiger partial charge is 0.250 e. The number of anilines is 1. The molecule has 0 saturated heterocycles. The Hall–Kier alpha value is -2.35. The average molecular weight is 359 g/mol. The molecular weight excluding hydrogens is 338 g/mol. The summed E-state index contributed by atoms with van der Waals surface area (Å²) >= 11 is 1.34. The summed E-state index contributed by atoms with van der Waals surface area (Å²) in [5.41, 5.74) is 6.04. The quantitative estimate of drug-likeness (QED) is 0.740. The molecule has 1 heterocycles. The number of primary amides is 1. The van der Waals surface area contributed by atoms with Gasteiger partial charge in [-0.15, -0.1) is 10.2 Å². The summed E-state index contributed by atoms with van der Waals surface area (Å²) in [6, 6.07) is 6.93. The number of aromatic nitrogens is 3. The lowest BCUT2D eigenvalue weighted by Gasteiger charge is -2.13. The number of carbonyl (C=O) groups is 2. The fraction of sp³-hybridized carbons (Fsp3) is 0.412. The van der Waals surface area contributed by atoms with E-state index >= 15 is 0 Å². The number of nitrogens with two attached hydrogens (primary N) is 1. The Bertz CT molecular complexity index is 798. The van der Waals surface area contributed by atoms with Crippen LogP contribution in [0.1, 0.15) is 54.8 Å². The highest BCUT2D eigenvalue weighted by atomic mass is 32.2. The van der Waals surface area contributed by atoms with Crippen molar-refractivity contribution in [3.63, 3.8) is 0 Å². The van der Waals surface area contributed by atoms with Crippen LogP contribution < -0.4 is 11.1 Å². The zero-order chi connectivity index (χ0) is 18.0. The molecule has 0 bridgehead atoms. The molecule has 1 aliphatic rings. The number of nitrogens with one attached hydrogen (secondary N) is 1. The molecule has 25 heavy (non-hydrogen) atoms. The number of benzene rings is 1. The van der Waals surface area contributed by atoms with Crippen molar-refractivity contribution in [3.8, 4) is 0 Å². The minimum Gasteiger partial charge on any atom is -0.366 e. The van der Waals surface area contributed by atoms with Crippen LogP contribution in [0, 0.1) is 0 Å². The Morgan fingerprint density at radius 3 is 2.68 bits per heavy atom. The van der Waals surface area contributed by atoms with Crippen LogP contribution in [0.15, 0.2) is 29.4 Å². The lowest BCUT2D eigenvalue weighted by Crippen LogP contribution is -2.19. The molecule has 1 saturated carbocycles. The van der Waals surface area contributed by atoms with Crippen LogP contribution in [0.2, 0.25) is 0 Å². The highest BCUT2D eigenvalue weighted by Crippen LogP contribution is 2.41. The van der Waals surface area contributed by atoms with E-state index < -0.39 is 5.91 Å². The predicted octanol–water partition coefficient (Wildman–Crippen LogP) is 2.57. The van der Waals surface area contributed by atoms with Crippen molar-refractivity contribution in [2.75, 3.05) is 11.1 Å². The van der Waals surface area contributed by atoms with Crippen LogP contribution in [0.3, 0.4) is 0 Å². The van der Waals surface area contributed by atoms with Gasteiger partial charge >= 0.3 is 0 Å². The molecule has 3 N–H and O–H groups in total. The molecule has 2 aromatic rings. The highest BCUT2D eigenvalue weighted by Gasteiger charge is 2.31. The molecule has 0 radical (unpaired) electrons. The summed E-state index contributed by atoms with van der Waals surface area (Å²) in [7, 11) is 0. The number of carbonyl (C=O) groups excluding carboxylic acids is 2. The molecule has 3 rings (SSSR count). The molecule has 1 aromatic heterocycles. The van der Waals surface area contributed by atoms with Crippen molar-refractivity contribution in [3.05, 3.63) is 35.7 Å². The SMILES string of the molecule is CC(C)n1c(SCC(=O)Nc2ccccc2C(N)=O)nnc1C1CC1. The van der Waals surface area contributed by atoms with Crippen molar-refractivity contribution < 1.29 is 9.59 Å². The summed E-state index contributed by atoms with van der Waals surface area (Å²) in [5.74, 6) is 0.905. The monoisotopic (exact) mass is 359 g/mol. The number of rotatable bonds is 7. The molecule has 8 heteroatoms. The molecule has 2 amide bonds. The molecule has 7 nitrogen and oxygen atoms in total. The van der Waals surface area contributed by atoms with E-state index in [1.807, 2.05) is 0 Å². The summed E-state index contributed by atoms with van der Waals surface area (Å²) in [6.45, 7) is 4.17. The van der Waals surface area contributed by atoms with E-state index in [1.165, 1.54) is 11.8 Å². The number of hydrogen-bond donors (Lipinski definition) is 2. The first-order valence-corrected chi connectivity index (χ1v) is 9.22. The topological polar surface area (TPSA) is 103 Å². The Morgan fingerprint density at radius 1 is 1.32 bits per heavy atom. The first-order valence-electron chi connectivity index (χ1n) is 8.23. The Kier molecular flexibility index (Phi) is 5.08. The number of nitrogens with zero attached hydrogens (tertiary/aromatic N) is 3. The number of hydrogen-bond acceptors (Lipinski definition) is 5. The van der Waals surface area contributed by atoms with E-state index in [2.05, 4.69) is 33.9 Å². The lowest BCUT2D eigenvalue weighted by atomic mass is 10.1. The van der Waals surface area contributed by atoms with E-state index in [4.69, 9.17) is 5.73 Å². The molecule has 1 fully saturated rings. The van der Waals surface area contributed by atoms with Crippen molar-refractivity contribution in [1.29, 1.82) is 0 Å². The first kappa shape index (κ1) is 17.5. The van der Waals surface area contributed by atoms with Crippen LogP contribution in [-0.4, -0.2) is 32.3 Å². The van der Waals surface area contributed by atoms with E-state index in [0.717, 1.165) is 23.8 Å². The van der Waals surface area contributed by atoms with E-state index in [1.54, 1.807) is 24.3 Å². The molecule has 0 atom stereocenters. The molecule has 1 aliphatic carbocycles. The highest BCUT2D eigenvalue weighted by molar-refractivity contribution is 7.99. The fourth-order valence-electron chi connectivity index (χ4n) is 2.62. The minimum atomic E-state index is -0.572. The second-order valence-electron chi connectivity index (χ2n) is 6.33. The van der Waals surface area contributed by atoms with Gasteiger partial charge < -0.3 is 15.6 Å². The van der Waals surface area contributed by atoms with Gasteiger partial charge in [0.1, 0.15) is 5.82 Å². The van der Waals surface area contributed by atoms with E-state index in [0.29, 0.717) is 17.2 Å². The van der Waals surface area contributed by atoms with Crippen molar-refractivity contribution in [2.45, 2.75) is 43.8 Å². The van der Waals surface area contributed by atoms with Crippen LogP contribution in [0.25, 0.3) is 0 Å². The number of amides is 2. The van der Waals surface area contributed by atoms with E-state index in [9.17, 15) is 9.59 Å². The van der Waals surface area contributed by atoms with Gasteiger partial charge in [0.15, 0.2) is 5.16 Å². The second-order valence-corrected chi connectivity index (χ2v) is 7.27. The van der Waals surface area contributed by atoms with Gasteiger partial charge in [-0.25, -0.2) is 0 Å². The van der Waals surface area contributed by atoms with Gasteiger partial charge in [-0.2, -0.15) is 0 Å². The minimum absolute atomic E-state index is 0.183. The average Bonchev–Trinajstić information content (AvgIpc) is 3.32. The molecule has 132 valence electrons. The third kappa shape index (κ3) is 4.01. The molecule has 0 spiro atoms. The molecule has 0 aliphatic heterocycles. The van der Waals surface area contributed by atoms with Gasteiger partial charge in [-0.3, -0.25) is 9.59 Å². The predicted molar refractivity (Wildman–Crippen MR) is 96.7 cm³/mol. The summed E-state index contributed by atoms with van der Waals surface area (Å²) < 4.78 is 2.10. The van der Waals surface area contributed by atoms with Crippen molar-refractivity contribution in [2.24, 2.45) is 5.73 Å². The van der Waals surface area contributed by atoms with Crippen LogP contribution in [-0.2, 0) is 4.79 Å². The third-order valence-electron chi connectivity index (χ3n) is 3.95. The fourth-order valence-corrected chi connectivity index (χ4v) is 3.49. The standard InChI is InChI=1S/C17H21N5O2S/c1-10(2)22-16(11-7-8-11)20-21-17(22)25-9-14(23)19-13-6-4-3-5-12(13)15(18)24/h3-6,10-11H,7-9H2,1-2H3,(H2,18,24)(H,19,23). The maximum Gasteiger partial charge on any atom is 0.250 e. The molecule has 1 aromatic carbocycles. The zero-order valence-electron chi connectivity index (χ0n) is 14.2.